The second kappa shape index (κ2) is 20.7. The van der Waals surface area contributed by atoms with Crippen LogP contribution in [0.1, 0.15) is 117 Å². The molecule has 0 bridgehead atoms. The minimum absolute atomic E-state index is 0. The quantitative estimate of drug-likeness (QED) is 0.264. The molecule has 0 aromatic rings. The molecule has 7 nitrogen and oxygen atoms in total. The van der Waals surface area contributed by atoms with Crippen molar-refractivity contribution in [2.24, 2.45) is 5.92 Å². The summed E-state index contributed by atoms with van der Waals surface area (Å²) in [7, 11) is 3.31. The average Bonchev–Trinajstić information content (AvgIpc) is 2.65. The first-order valence-electron chi connectivity index (χ1n) is 11.9. The van der Waals surface area contributed by atoms with Gasteiger partial charge in [-0.1, -0.05) is 96.8 Å². The Morgan fingerprint density at radius 3 is 1.39 bits per heavy atom. The molecule has 0 saturated carbocycles. The van der Waals surface area contributed by atoms with Gasteiger partial charge in [-0.2, -0.15) is 0 Å². The highest BCUT2D eigenvalue weighted by molar-refractivity contribution is 5.78. The fourth-order valence-corrected chi connectivity index (χ4v) is 4.08. The lowest BCUT2D eigenvalue weighted by Gasteiger charge is -2.44. The number of nitrogens with zero attached hydrogens (tertiary/aromatic N) is 1. The summed E-state index contributed by atoms with van der Waals surface area (Å²) >= 11 is 0. The molecule has 0 aliphatic carbocycles. The van der Waals surface area contributed by atoms with Crippen LogP contribution in [0.5, 0.6) is 0 Å². The van der Waals surface area contributed by atoms with Crippen molar-refractivity contribution in [2.45, 2.75) is 122 Å². The minimum atomic E-state index is -1.30. The van der Waals surface area contributed by atoms with Crippen molar-refractivity contribution >= 4 is 11.9 Å². The molecule has 0 amide bonds. The van der Waals surface area contributed by atoms with Gasteiger partial charge >= 0.3 is 0 Å². The number of aliphatic carboxylic acids is 2. The molecule has 0 aliphatic rings. The zero-order chi connectivity index (χ0) is 22.1. The van der Waals surface area contributed by atoms with Gasteiger partial charge < -0.3 is 32.1 Å². The maximum Gasteiger partial charge on any atom is 0.0618 e. The Hall–Kier alpha value is -1.18. The van der Waals surface area contributed by atoms with E-state index in [9.17, 15) is 19.8 Å². The molecule has 2 atom stereocenters. The van der Waals surface area contributed by atoms with Crippen molar-refractivity contribution in [1.82, 2.24) is 17.2 Å². The Kier molecular flexibility index (Phi) is 23.0. The first kappa shape index (κ1) is 34.4. The summed E-state index contributed by atoms with van der Waals surface area (Å²) in [6, 6.07) is 0. The number of carbonyl (C=O) groups is 2. The maximum absolute atomic E-state index is 11.7. The summed E-state index contributed by atoms with van der Waals surface area (Å²) in [5, 5.41) is 22.8. The number of carboxylic acid groups (broad SMARTS) is 2. The predicted molar refractivity (Wildman–Crippen MR) is 127 cm³/mol. The normalized spacial score (nSPS) is 13.7. The Morgan fingerprint density at radius 2 is 1.10 bits per heavy atom. The van der Waals surface area contributed by atoms with E-state index in [4.69, 9.17) is 0 Å². The van der Waals surface area contributed by atoms with Crippen molar-refractivity contribution in [2.75, 3.05) is 14.1 Å². The molecule has 0 aliphatic heterocycles. The molecule has 0 saturated heterocycles. The molecular weight excluding hydrogens is 394 g/mol. The van der Waals surface area contributed by atoms with Crippen LogP contribution in [0.2, 0.25) is 0 Å². The van der Waals surface area contributed by atoms with Crippen LogP contribution >= 0.6 is 0 Å². The highest BCUT2D eigenvalue weighted by Gasteiger charge is 2.37. The van der Waals surface area contributed by atoms with Crippen molar-refractivity contribution in [3.05, 3.63) is 0 Å². The molecule has 0 aromatic carbocycles. The van der Waals surface area contributed by atoms with Gasteiger partial charge in [-0.05, 0) is 39.8 Å². The summed E-state index contributed by atoms with van der Waals surface area (Å²) in [6.45, 7) is 3.81. The van der Waals surface area contributed by atoms with Gasteiger partial charge in [0.15, 0.2) is 0 Å². The summed E-state index contributed by atoms with van der Waals surface area (Å²) in [4.78, 5) is 24.3. The number of rotatable bonds is 20. The van der Waals surface area contributed by atoms with Gasteiger partial charge in [-0.15, -0.1) is 0 Å². The molecule has 7 heteroatoms. The van der Waals surface area contributed by atoms with Crippen LogP contribution < -0.4 is 22.5 Å². The lowest BCUT2D eigenvalue weighted by Crippen LogP contribution is -2.60. The lowest BCUT2D eigenvalue weighted by molar-refractivity contribution is -0.322. The largest absolute Gasteiger partial charge is 0.550 e. The van der Waals surface area contributed by atoms with E-state index in [1.807, 2.05) is 0 Å². The SMILES string of the molecule is CCCCCCCCCCCCCCCCC(CC(=O)[O-])[C@@](C)(C(=O)[O-])N(C)C.[NH4+].[NH4+]. The zero-order valence-corrected chi connectivity index (χ0v) is 21.5. The predicted octanol–water partition coefficient (Wildman–Crippen LogP) is 4.44. The Bertz CT molecular complexity index is 447. The Morgan fingerprint density at radius 1 is 0.742 bits per heavy atom. The van der Waals surface area contributed by atoms with Gasteiger partial charge in [0.2, 0.25) is 0 Å². The van der Waals surface area contributed by atoms with E-state index in [0.717, 1.165) is 19.3 Å². The van der Waals surface area contributed by atoms with Crippen molar-refractivity contribution < 1.29 is 19.8 Å². The fourth-order valence-electron chi connectivity index (χ4n) is 4.08. The third kappa shape index (κ3) is 15.3. The van der Waals surface area contributed by atoms with E-state index in [0.29, 0.717) is 6.42 Å². The van der Waals surface area contributed by atoms with E-state index in [2.05, 4.69) is 6.92 Å². The molecule has 0 radical (unpaired) electrons. The van der Waals surface area contributed by atoms with Gasteiger partial charge in [0, 0.05) is 5.97 Å². The van der Waals surface area contributed by atoms with E-state index in [1.54, 1.807) is 25.9 Å². The van der Waals surface area contributed by atoms with Crippen LogP contribution in [0, 0.1) is 5.92 Å². The lowest BCUT2D eigenvalue weighted by atomic mass is 9.78. The maximum atomic E-state index is 11.7. The second-order valence-electron chi connectivity index (χ2n) is 8.99. The summed E-state index contributed by atoms with van der Waals surface area (Å²) in [5.41, 5.74) is -1.30. The molecular formula is C24H53N3O4. The van der Waals surface area contributed by atoms with E-state index < -0.39 is 23.4 Å². The van der Waals surface area contributed by atoms with Gasteiger partial charge in [0.1, 0.15) is 0 Å². The summed E-state index contributed by atoms with van der Waals surface area (Å²) in [5.74, 6) is -2.93. The van der Waals surface area contributed by atoms with Crippen LogP contribution in [0.15, 0.2) is 0 Å². The van der Waals surface area contributed by atoms with Gasteiger partial charge in [-0.3, -0.25) is 4.90 Å². The number of carboxylic acids is 2. The molecule has 0 rings (SSSR count). The monoisotopic (exact) mass is 447 g/mol. The first-order valence-corrected chi connectivity index (χ1v) is 11.9. The standard InChI is InChI=1S/C24H47NO4.2H3N/c1-5-6-7-8-9-10-11-12-13-14-15-16-17-18-19-21(20-22(26)27)24(2,23(28)29)25(3)4;;/h21H,5-20H2,1-4H3,(H,26,27)(H,28,29);2*1H3/t21?,24-;;/m0../s1. The minimum Gasteiger partial charge on any atom is -0.550 e. The molecule has 31 heavy (non-hydrogen) atoms. The smallest absolute Gasteiger partial charge is 0.0618 e. The molecule has 1 unspecified atom stereocenters. The third-order valence-electron chi connectivity index (χ3n) is 6.46. The molecule has 0 heterocycles. The number of hydrogen-bond acceptors (Lipinski definition) is 5. The van der Waals surface area contributed by atoms with E-state index in [1.165, 1.54) is 70.6 Å². The summed E-state index contributed by atoms with van der Waals surface area (Å²) < 4.78 is 0. The number of carbonyl (C=O) groups excluding carboxylic acids is 2. The number of unbranched alkanes of at least 4 members (excludes halogenated alkanes) is 13. The third-order valence-corrected chi connectivity index (χ3v) is 6.46. The van der Waals surface area contributed by atoms with Gasteiger partial charge in [-0.25, -0.2) is 0 Å². The Labute approximate surface area is 191 Å². The van der Waals surface area contributed by atoms with Crippen LogP contribution in [0.3, 0.4) is 0 Å². The molecule has 0 aromatic heterocycles. The van der Waals surface area contributed by atoms with Crippen molar-refractivity contribution in [1.29, 1.82) is 0 Å². The first-order chi connectivity index (χ1) is 13.8. The Balaban J connectivity index is -0.00000392. The van der Waals surface area contributed by atoms with Crippen LogP contribution in [-0.2, 0) is 9.59 Å². The highest BCUT2D eigenvalue weighted by atomic mass is 16.4. The molecule has 188 valence electrons. The number of likely N-dealkylation sites (N-methyl/N-ethyl adjacent to an activating group) is 1. The van der Waals surface area contributed by atoms with Crippen molar-refractivity contribution in [3.8, 4) is 0 Å². The second-order valence-corrected chi connectivity index (χ2v) is 8.99. The fraction of sp³-hybridized carbons (Fsp3) is 0.917. The highest BCUT2D eigenvalue weighted by Crippen LogP contribution is 2.30. The molecule has 0 spiro atoms. The topological polar surface area (TPSA) is 156 Å². The van der Waals surface area contributed by atoms with E-state index >= 15 is 0 Å². The van der Waals surface area contributed by atoms with Gasteiger partial charge in [0.25, 0.3) is 0 Å². The molecule has 8 N–H and O–H groups in total. The number of hydrogen-bond donors (Lipinski definition) is 2. The number of quaternary nitrogens is 2. The van der Waals surface area contributed by atoms with Crippen LogP contribution in [0.25, 0.3) is 0 Å². The van der Waals surface area contributed by atoms with E-state index in [-0.39, 0.29) is 18.7 Å². The zero-order valence-electron chi connectivity index (χ0n) is 21.5. The molecule has 0 fully saturated rings. The average molecular weight is 448 g/mol. The van der Waals surface area contributed by atoms with Crippen LogP contribution in [-0.4, -0.2) is 36.5 Å². The van der Waals surface area contributed by atoms with Crippen LogP contribution in [0.4, 0.5) is 0 Å². The van der Waals surface area contributed by atoms with Crippen molar-refractivity contribution in [3.63, 3.8) is 0 Å². The van der Waals surface area contributed by atoms with Gasteiger partial charge in [0.05, 0.1) is 11.5 Å². The summed E-state index contributed by atoms with van der Waals surface area (Å²) in [6.07, 6.45) is 17.9.